The Morgan fingerprint density at radius 3 is 2.56 bits per heavy atom. The summed E-state index contributed by atoms with van der Waals surface area (Å²) in [4.78, 5) is 17.7. The molecule has 1 fully saturated rings. The van der Waals surface area contributed by atoms with Crippen molar-refractivity contribution in [1.82, 2.24) is 15.0 Å². The maximum Gasteiger partial charge on any atom is 0.276 e. The van der Waals surface area contributed by atoms with Gasteiger partial charge in [0.1, 0.15) is 5.82 Å². The van der Waals surface area contributed by atoms with E-state index in [-0.39, 0.29) is 24.1 Å². The van der Waals surface area contributed by atoms with E-state index in [2.05, 4.69) is 10.1 Å². The van der Waals surface area contributed by atoms with Gasteiger partial charge in [0.05, 0.1) is 4.88 Å². The molecule has 3 heterocycles. The van der Waals surface area contributed by atoms with Gasteiger partial charge >= 0.3 is 0 Å². The molecule has 0 unspecified atom stereocenters. The first kappa shape index (κ1) is 19.5. The van der Waals surface area contributed by atoms with Crippen LogP contribution in [0.3, 0.4) is 0 Å². The monoisotopic (exact) mass is 407 g/mol. The molecule has 142 valence electrons. The van der Waals surface area contributed by atoms with Gasteiger partial charge < -0.3 is 9.42 Å². The molecule has 1 saturated heterocycles. The van der Waals surface area contributed by atoms with E-state index >= 15 is 0 Å². The number of carbonyl (C=O) groups is 1. The minimum Gasteiger partial charge on any atom is -0.355 e. The van der Waals surface area contributed by atoms with Gasteiger partial charge in [0, 0.05) is 38.8 Å². The Bertz CT molecular complexity index is 875. The molecule has 1 amide bonds. The first-order chi connectivity index (χ1) is 12.7. The molecule has 0 saturated carbocycles. The van der Waals surface area contributed by atoms with E-state index < -0.39 is 0 Å². The zero-order valence-corrected chi connectivity index (χ0v) is 16.1. The number of hydrogen-bond donors (Lipinski definition) is 0. The maximum absolute atomic E-state index is 13.0. The van der Waals surface area contributed by atoms with Crippen molar-refractivity contribution < 1.29 is 13.7 Å². The van der Waals surface area contributed by atoms with Crippen molar-refractivity contribution in [2.45, 2.75) is 6.54 Å². The van der Waals surface area contributed by atoms with Crippen molar-refractivity contribution in [3.8, 4) is 10.6 Å². The molecule has 5 nitrogen and oxygen atoms in total. The molecule has 8 heteroatoms. The smallest absolute Gasteiger partial charge is 0.276 e. The third kappa shape index (κ3) is 4.55. The van der Waals surface area contributed by atoms with Gasteiger partial charge in [-0.05, 0) is 29.1 Å². The molecule has 0 N–H and O–H groups in total. The highest BCUT2D eigenvalue weighted by molar-refractivity contribution is 7.13. The van der Waals surface area contributed by atoms with Gasteiger partial charge in [0.2, 0.25) is 0 Å². The summed E-state index contributed by atoms with van der Waals surface area (Å²) in [7, 11) is 0. The lowest BCUT2D eigenvalue weighted by Gasteiger charge is -2.34. The van der Waals surface area contributed by atoms with Gasteiger partial charge in [-0.2, -0.15) is 0 Å². The van der Waals surface area contributed by atoms with E-state index in [1.807, 2.05) is 17.5 Å². The number of rotatable bonds is 4. The Morgan fingerprint density at radius 1 is 1.15 bits per heavy atom. The van der Waals surface area contributed by atoms with Crippen LogP contribution in [0.4, 0.5) is 4.39 Å². The topological polar surface area (TPSA) is 49.6 Å². The second-order valence-electron chi connectivity index (χ2n) is 6.25. The number of halogens is 2. The Hall–Kier alpha value is -2.22. The third-order valence-electron chi connectivity index (χ3n) is 4.47. The van der Waals surface area contributed by atoms with E-state index in [9.17, 15) is 9.18 Å². The van der Waals surface area contributed by atoms with E-state index in [0.717, 1.165) is 30.1 Å². The highest BCUT2D eigenvalue weighted by atomic mass is 35.5. The van der Waals surface area contributed by atoms with Crippen LogP contribution < -0.4 is 0 Å². The van der Waals surface area contributed by atoms with Crippen LogP contribution in [0.2, 0.25) is 0 Å². The Balaban J connectivity index is 0.00000210. The number of hydrogen-bond acceptors (Lipinski definition) is 5. The molecule has 0 atom stereocenters. The van der Waals surface area contributed by atoms with Gasteiger partial charge in [-0.1, -0.05) is 23.4 Å². The molecule has 0 radical (unpaired) electrons. The van der Waals surface area contributed by atoms with Crippen molar-refractivity contribution in [3.63, 3.8) is 0 Å². The largest absolute Gasteiger partial charge is 0.355 e. The minimum absolute atomic E-state index is 0. The first-order valence-electron chi connectivity index (χ1n) is 8.46. The summed E-state index contributed by atoms with van der Waals surface area (Å²) in [5, 5.41) is 5.89. The van der Waals surface area contributed by atoms with E-state index in [1.54, 1.807) is 34.4 Å². The second kappa shape index (κ2) is 8.65. The lowest BCUT2D eigenvalue weighted by Crippen LogP contribution is -2.48. The van der Waals surface area contributed by atoms with Gasteiger partial charge in [0.15, 0.2) is 11.5 Å². The zero-order valence-electron chi connectivity index (χ0n) is 14.5. The van der Waals surface area contributed by atoms with Crippen molar-refractivity contribution in [1.29, 1.82) is 0 Å². The van der Waals surface area contributed by atoms with Gasteiger partial charge in [0.25, 0.3) is 5.91 Å². The molecule has 1 aromatic carbocycles. The van der Waals surface area contributed by atoms with Crippen molar-refractivity contribution in [2.24, 2.45) is 0 Å². The number of aromatic nitrogens is 1. The molecule has 3 aromatic rings. The van der Waals surface area contributed by atoms with E-state index in [1.165, 1.54) is 12.1 Å². The molecule has 4 rings (SSSR count). The number of benzene rings is 1. The normalized spacial score (nSPS) is 14.8. The summed E-state index contributed by atoms with van der Waals surface area (Å²) in [6.45, 7) is 3.59. The molecule has 0 bridgehead atoms. The molecular weight excluding hydrogens is 389 g/mol. The summed E-state index contributed by atoms with van der Waals surface area (Å²) >= 11 is 1.55. The van der Waals surface area contributed by atoms with Crippen molar-refractivity contribution >= 4 is 29.7 Å². The molecule has 0 aliphatic carbocycles. The summed E-state index contributed by atoms with van der Waals surface area (Å²) in [6, 6.07) is 12.1. The second-order valence-corrected chi connectivity index (χ2v) is 7.20. The van der Waals surface area contributed by atoms with Crippen LogP contribution in [-0.4, -0.2) is 47.0 Å². The van der Waals surface area contributed by atoms with Crippen LogP contribution in [0.5, 0.6) is 0 Å². The van der Waals surface area contributed by atoms with Crippen LogP contribution in [-0.2, 0) is 6.54 Å². The average Bonchev–Trinajstić information content (AvgIpc) is 3.35. The quantitative estimate of drug-likeness (QED) is 0.657. The van der Waals surface area contributed by atoms with Gasteiger partial charge in [-0.25, -0.2) is 4.39 Å². The number of thiophene rings is 1. The molecule has 2 aromatic heterocycles. The predicted octanol–water partition coefficient (Wildman–Crippen LogP) is 3.92. The average molecular weight is 408 g/mol. The molecule has 1 aliphatic heterocycles. The van der Waals surface area contributed by atoms with Crippen molar-refractivity contribution in [2.75, 3.05) is 26.2 Å². The van der Waals surface area contributed by atoms with Crippen LogP contribution in [0.15, 0.2) is 52.4 Å². The maximum atomic E-state index is 13.0. The standard InChI is InChI=1S/C19H18FN3O2S.ClH/c20-15-5-3-14(4-6-15)13-22-7-9-23(10-8-22)19(24)16-12-17(25-21-16)18-2-1-11-26-18;/h1-6,11-12H,7-10,13H2;1H. The summed E-state index contributed by atoms with van der Waals surface area (Å²) in [6.07, 6.45) is 0. The van der Waals surface area contributed by atoms with E-state index in [0.29, 0.717) is 24.5 Å². The molecule has 27 heavy (non-hydrogen) atoms. The van der Waals surface area contributed by atoms with Crippen LogP contribution in [0, 0.1) is 5.82 Å². The van der Waals surface area contributed by atoms with Crippen molar-refractivity contribution in [3.05, 3.63) is 64.9 Å². The molecule has 0 spiro atoms. The minimum atomic E-state index is -0.223. The highest BCUT2D eigenvalue weighted by Gasteiger charge is 2.25. The highest BCUT2D eigenvalue weighted by Crippen LogP contribution is 2.25. The first-order valence-corrected chi connectivity index (χ1v) is 9.34. The summed E-state index contributed by atoms with van der Waals surface area (Å²) in [5.41, 5.74) is 1.42. The summed E-state index contributed by atoms with van der Waals surface area (Å²) in [5.74, 6) is 0.301. The lowest BCUT2D eigenvalue weighted by molar-refractivity contribution is 0.0618. The number of carbonyl (C=O) groups excluding carboxylic acids is 1. The number of piperazine rings is 1. The molecular formula is C19H19ClFN3O2S. The van der Waals surface area contributed by atoms with Crippen LogP contribution in [0.25, 0.3) is 10.6 Å². The summed E-state index contributed by atoms with van der Waals surface area (Å²) < 4.78 is 18.3. The van der Waals surface area contributed by atoms with E-state index in [4.69, 9.17) is 4.52 Å². The Morgan fingerprint density at radius 2 is 1.89 bits per heavy atom. The van der Waals surface area contributed by atoms with Crippen LogP contribution in [0.1, 0.15) is 16.1 Å². The fraction of sp³-hybridized carbons (Fsp3) is 0.263. The fourth-order valence-corrected chi connectivity index (χ4v) is 3.70. The van der Waals surface area contributed by atoms with Gasteiger partial charge in [-0.15, -0.1) is 23.7 Å². The van der Waals surface area contributed by atoms with Gasteiger partial charge in [-0.3, -0.25) is 9.69 Å². The Kier molecular flexibility index (Phi) is 6.26. The number of nitrogens with zero attached hydrogens (tertiary/aromatic N) is 3. The molecule has 1 aliphatic rings. The lowest BCUT2D eigenvalue weighted by atomic mass is 10.2. The third-order valence-corrected chi connectivity index (χ3v) is 5.36. The predicted molar refractivity (Wildman–Crippen MR) is 105 cm³/mol. The number of amides is 1. The van der Waals surface area contributed by atoms with Crippen LogP contribution >= 0.6 is 23.7 Å². The Labute approximate surface area is 166 Å². The zero-order chi connectivity index (χ0) is 17.9. The SMILES string of the molecule is Cl.O=C(c1cc(-c2cccs2)on1)N1CCN(Cc2ccc(F)cc2)CC1. The fourth-order valence-electron chi connectivity index (χ4n) is 3.03.